The fourth-order valence-corrected chi connectivity index (χ4v) is 4.15. The molecule has 5 rings (SSSR count). The van der Waals surface area contributed by atoms with E-state index in [9.17, 15) is 4.79 Å². The molecule has 0 spiro atoms. The van der Waals surface area contributed by atoms with Crippen LogP contribution in [0.4, 0.5) is 5.69 Å². The van der Waals surface area contributed by atoms with Crippen LogP contribution in [0.2, 0.25) is 5.02 Å². The first-order chi connectivity index (χ1) is 15.2. The van der Waals surface area contributed by atoms with Crippen LogP contribution < -0.4 is 5.32 Å². The van der Waals surface area contributed by atoms with Crippen LogP contribution in [-0.4, -0.2) is 15.5 Å². The maximum atomic E-state index is 12.8. The van der Waals surface area contributed by atoms with Crippen molar-refractivity contribution in [1.82, 2.24) is 9.55 Å². The molecule has 0 aliphatic rings. The molecule has 152 valence electrons. The number of rotatable bonds is 5. The summed E-state index contributed by atoms with van der Waals surface area (Å²) in [4.78, 5) is 17.7. The first-order valence-corrected chi connectivity index (χ1v) is 10.5. The van der Waals surface area contributed by atoms with Gasteiger partial charge in [-0.05, 0) is 46.7 Å². The molecular formula is C26H20ClN3O. The van der Waals surface area contributed by atoms with Crippen LogP contribution in [0.3, 0.4) is 0 Å². The van der Waals surface area contributed by atoms with Gasteiger partial charge in [-0.1, -0.05) is 72.3 Å². The van der Waals surface area contributed by atoms with Crippen molar-refractivity contribution >= 4 is 45.0 Å². The number of hydrogen-bond donors (Lipinski definition) is 1. The Morgan fingerprint density at radius 2 is 1.68 bits per heavy atom. The van der Waals surface area contributed by atoms with Crippen molar-refractivity contribution in [2.24, 2.45) is 0 Å². The molecule has 1 aromatic heterocycles. The Hall–Kier alpha value is -3.63. The summed E-state index contributed by atoms with van der Waals surface area (Å²) < 4.78 is 2.00. The number of para-hydroxylation sites is 2. The molecule has 0 bridgehead atoms. The summed E-state index contributed by atoms with van der Waals surface area (Å²) in [6.45, 7) is 0.174. The molecule has 0 saturated carbocycles. The van der Waals surface area contributed by atoms with Gasteiger partial charge in [-0.25, -0.2) is 4.98 Å². The maximum Gasteiger partial charge on any atom is 0.244 e. The molecule has 5 heteroatoms. The Bertz CT molecular complexity index is 1400. The van der Waals surface area contributed by atoms with Gasteiger partial charge in [0.25, 0.3) is 0 Å². The average Bonchev–Trinajstić information content (AvgIpc) is 3.11. The molecule has 1 N–H and O–H groups in total. The Balaban J connectivity index is 1.50. The standard InChI is InChI=1S/C26H20ClN3O/c27-20-10-6-11-21(16-20)28-26(31)17-30-24-14-4-3-13-23(24)29-25(30)15-19-9-5-8-18-7-1-2-12-22(18)19/h1-14,16H,15,17H2,(H,28,31). The predicted octanol–water partition coefficient (Wildman–Crippen LogP) is 6.07. The second-order valence-electron chi connectivity index (χ2n) is 7.48. The van der Waals surface area contributed by atoms with Crippen LogP contribution in [0.25, 0.3) is 21.8 Å². The molecule has 0 aliphatic carbocycles. The Morgan fingerprint density at radius 1 is 0.903 bits per heavy atom. The summed E-state index contributed by atoms with van der Waals surface area (Å²) in [6, 6.07) is 29.7. The lowest BCUT2D eigenvalue weighted by Gasteiger charge is -2.11. The maximum absolute atomic E-state index is 12.8. The Morgan fingerprint density at radius 3 is 2.58 bits per heavy atom. The topological polar surface area (TPSA) is 46.9 Å². The third kappa shape index (κ3) is 4.03. The van der Waals surface area contributed by atoms with Crippen LogP contribution in [0.1, 0.15) is 11.4 Å². The van der Waals surface area contributed by atoms with Crippen LogP contribution >= 0.6 is 11.6 Å². The highest BCUT2D eigenvalue weighted by molar-refractivity contribution is 6.30. The van der Waals surface area contributed by atoms with Crippen LogP contribution in [0.15, 0.2) is 91.0 Å². The van der Waals surface area contributed by atoms with Crippen LogP contribution in [0.5, 0.6) is 0 Å². The number of carbonyl (C=O) groups excluding carboxylic acids is 1. The van der Waals surface area contributed by atoms with Gasteiger partial charge in [-0.3, -0.25) is 4.79 Å². The zero-order valence-electron chi connectivity index (χ0n) is 16.8. The van der Waals surface area contributed by atoms with Crippen LogP contribution in [-0.2, 0) is 17.8 Å². The molecule has 0 atom stereocenters. The van der Waals surface area contributed by atoms with E-state index in [0.29, 0.717) is 17.1 Å². The fraction of sp³-hybridized carbons (Fsp3) is 0.0769. The van der Waals surface area contributed by atoms with E-state index in [2.05, 4.69) is 35.6 Å². The van der Waals surface area contributed by atoms with E-state index in [1.165, 1.54) is 16.3 Å². The van der Waals surface area contributed by atoms with Crippen molar-refractivity contribution in [1.29, 1.82) is 0 Å². The highest BCUT2D eigenvalue weighted by Gasteiger charge is 2.15. The SMILES string of the molecule is O=C(Cn1c(Cc2cccc3ccccc23)nc2ccccc21)Nc1cccc(Cl)c1. The van der Waals surface area contributed by atoms with Gasteiger partial charge < -0.3 is 9.88 Å². The number of fused-ring (bicyclic) bond motifs is 2. The van der Waals surface area contributed by atoms with Gasteiger partial charge >= 0.3 is 0 Å². The van der Waals surface area contributed by atoms with E-state index < -0.39 is 0 Å². The van der Waals surface area contributed by atoms with Crippen molar-refractivity contribution in [3.05, 3.63) is 107 Å². The zero-order chi connectivity index (χ0) is 21.2. The van der Waals surface area contributed by atoms with E-state index in [0.717, 1.165) is 16.9 Å². The predicted molar refractivity (Wildman–Crippen MR) is 127 cm³/mol. The minimum Gasteiger partial charge on any atom is -0.324 e. The highest BCUT2D eigenvalue weighted by Crippen LogP contribution is 2.24. The van der Waals surface area contributed by atoms with Gasteiger partial charge in [0.15, 0.2) is 0 Å². The lowest BCUT2D eigenvalue weighted by Crippen LogP contribution is -2.20. The summed E-state index contributed by atoms with van der Waals surface area (Å²) in [5, 5.41) is 5.92. The quantitative estimate of drug-likeness (QED) is 0.371. The number of imidazole rings is 1. The number of amides is 1. The summed E-state index contributed by atoms with van der Waals surface area (Å²) >= 11 is 6.05. The first kappa shape index (κ1) is 19.3. The van der Waals surface area contributed by atoms with Crippen molar-refractivity contribution in [2.75, 3.05) is 5.32 Å². The summed E-state index contributed by atoms with van der Waals surface area (Å²) in [5.41, 5.74) is 3.69. The minimum atomic E-state index is -0.121. The van der Waals surface area contributed by atoms with Crippen molar-refractivity contribution in [2.45, 2.75) is 13.0 Å². The number of benzene rings is 4. The molecule has 0 unspecified atom stereocenters. The highest BCUT2D eigenvalue weighted by atomic mass is 35.5. The number of hydrogen-bond acceptors (Lipinski definition) is 2. The molecule has 4 nitrogen and oxygen atoms in total. The largest absolute Gasteiger partial charge is 0.324 e. The number of anilines is 1. The van der Waals surface area contributed by atoms with Gasteiger partial charge in [0, 0.05) is 17.1 Å². The van der Waals surface area contributed by atoms with E-state index in [-0.39, 0.29) is 12.5 Å². The van der Waals surface area contributed by atoms with Crippen LogP contribution in [0, 0.1) is 0 Å². The number of aromatic nitrogens is 2. The van der Waals surface area contributed by atoms with Gasteiger partial charge in [-0.2, -0.15) is 0 Å². The molecule has 5 aromatic rings. The molecule has 1 amide bonds. The Labute approximate surface area is 185 Å². The smallest absolute Gasteiger partial charge is 0.244 e. The van der Waals surface area contributed by atoms with Gasteiger partial charge in [0.05, 0.1) is 11.0 Å². The van der Waals surface area contributed by atoms with Gasteiger partial charge in [-0.15, -0.1) is 0 Å². The number of nitrogens with zero attached hydrogens (tertiary/aromatic N) is 2. The molecule has 0 saturated heterocycles. The third-order valence-electron chi connectivity index (χ3n) is 5.37. The second kappa shape index (κ2) is 8.25. The lowest BCUT2D eigenvalue weighted by atomic mass is 10.0. The monoisotopic (exact) mass is 425 g/mol. The molecule has 4 aromatic carbocycles. The molecule has 0 radical (unpaired) electrons. The van der Waals surface area contributed by atoms with Gasteiger partial charge in [0.2, 0.25) is 5.91 Å². The van der Waals surface area contributed by atoms with E-state index in [4.69, 9.17) is 16.6 Å². The first-order valence-electron chi connectivity index (χ1n) is 10.1. The van der Waals surface area contributed by atoms with E-state index in [1.807, 2.05) is 53.1 Å². The van der Waals surface area contributed by atoms with Crippen molar-refractivity contribution in [3.8, 4) is 0 Å². The Kier molecular flexibility index (Phi) is 5.14. The zero-order valence-corrected chi connectivity index (χ0v) is 17.5. The number of nitrogens with one attached hydrogen (secondary N) is 1. The normalized spacial score (nSPS) is 11.1. The summed E-state index contributed by atoms with van der Waals surface area (Å²) in [7, 11) is 0. The summed E-state index contributed by atoms with van der Waals surface area (Å²) in [5.74, 6) is 0.739. The summed E-state index contributed by atoms with van der Waals surface area (Å²) in [6.07, 6.45) is 0.639. The number of carbonyl (C=O) groups is 1. The molecule has 31 heavy (non-hydrogen) atoms. The van der Waals surface area contributed by atoms with Crippen molar-refractivity contribution < 1.29 is 4.79 Å². The molecule has 0 aliphatic heterocycles. The minimum absolute atomic E-state index is 0.121. The molecule has 0 fully saturated rings. The van der Waals surface area contributed by atoms with E-state index >= 15 is 0 Å². The van der Waals surface area contributed by atoms with Gasteiger partial charge in [0.1, 0.15) is 12.4 Å². The van der Waals surface area contributed by atoms with E-state index in [1.54, 1.807) is 12.1 Å². The third-order valence-corrected chi connectivity index (χ3v) is 5.61. The number of halogens is 1. The second-order valence-corrected chi connectivity index (χ2v) is 7.91. The van der Waals surface area contributed by atoms with Crippen molar-refractivity contribution in [3.63, 3.8) is 0 Å². The average molecular weight is 426 g/mol. The molecular weight excluding hydrogens is 406 g/mol. The fourth-order valence-electron chi connectivity index (χ4n) is 3.96. The molecule has 1 heterocycles. The lowest BCUT2D eigenvalue weighted by molar-refractivity contribution is -0.116.